The van der Waals surface area contributed by atoms with Gasteiger partial charge in [0.1, 0.15) is 0 Å². The SMILES string of the molecule is CCCCCCCCCCCCCCCCCCOCCCN(S(C)(=O)=O)S(C)(=O)=O. The Bertz CT molecular complexity index is 573. The van der Waals surface area contributed by atoms with Crippen LogP contribution in [0.5, 0.6) is 0 Å². The molecule has 188 valence electrons. The summed E-state index contributed by atoms with van der Waals surface area (Å²) in [4.78, 5) is 0. The molecule has 0 aliphatic carbocycles. The van der Waals surface area contributed by atoms with Crippen molar-refractivity contribution in [2.75, 3.05) is 32.3 Å². The molecule has 31 heavy (non-hydrogen) atoms. The second-order valence-electron chi connectivity index (χ2n) is 8.79. The number of nitrogens with zero attached hydrogens (tertiary/aromatic N) is 1. The fourth-order valence-corrected chi connectivity index (χ4v) is 6.62. The van der Waals surface area contributed by atoms with E-state index in [0.29, 0.717) is 23.3 Å². The van der Waals surface area contributed by atoms with Crippen molar-refractivity contribution in [3.05, 3.63) is 0 Å². The standard InChI is InChI=1S/C23H49NO5S2/c1-4-5-6-7-8-9-10-11-12-13-14-15-16-17-18-19-22-29-23-20-21-24(30(2,25)26)31(3,27)28/h4-23H2,1-3H3. The van der Waals surface area contributed by atoms with E-state index in [4.69, 9.17) is 4.74 Å². The highest BCUT2D eigenvalue weighted by molar-refractivity contribution is 8.03. The number of hydrogen-bond acceptors (Lipinski definition) is 5. The smallest absolute Gasteiger partial charge is 0.224 e. The molecule has 0 aromatic heterocycles. The van der Waals surface area contributed by atoms with Gasteiger partial charge in [-0.05, 0) is 12.8 Å². The van der Waals surface area contributed by atoms with Crippen LogP contribution in [0.4, 0.5) is 0 Å². The predicted molar refractivity (Wildman–Crippen MR) is 131 cm³/mol. The molecule has 0 amide bonds. The van der Waals surface area contributed by atoms with Crippen molar-refractivity contribution in [2.24, 2.45) is 0 Å². The maximum absolute atomic E-state index is 11.5. The van der Waals surface area contributed by atoms with Gasteiger partial charge in [-0.3, -0.25) is 0 Å². The summed E-state index contributed by atoms with van der Waals surface area (Å²) in [5.41, 5.74) is 0. The lowest BCUT2D eigenvalue weighted by Crippen LogP contribution is -2.36. The van der Waals surface area contributed by atoms with Crippen LogP contribution in [-0.4, -0.2) is 52.8 Å². The Hall–Kier alpha value is -0.180. The molecule has 0 aromatic carbocycles. The van der Waals surface area contributed by atoms with Crippen LogP contribution < -0.4 is 0 Å². The molecule has 6 nitrogen and oxygen atoms in total. The highest BCUT2D eigenvalue weighted by Gasteiger charge is 2.25. The molecule has 0 heterocycles. The minimum atomic E-state index is -3.76. The lowest BCUT2D eigenvalue weighted by atomic mass is 10.0. The number of ether oxygens (including phenoxy) is 1. The van der Waals surface area contributed by atoms with Crippen LogP contribution in [0, 0.1) is 0 Å². The fourth-order valence-electron chi connectivity index (χ4n) is 3.73. The van der Waals surface area contributed by atoms with Crippen molar-refractivity contribution in [3.8, 4) is 0 Å². The van der Waals surface area contributed by atoms with E-state index in [0.717, 1.165) is 25.4 Å². The van der Waals surface area contributed by atoms with E-state index in [1.807, 2.05) is 0 Å². The summed E-state index contributed by atoms with van der Waals surface area (Å²) in [5.74, 6) is 0. The van der Waals surface area contributed by atoms with Crippen LogP contribution in [0.25, 0.3) is 0 Å². The lowest BCUT2D eigenvalue weighted by Gasteiger charge is -2.17. The van der Waals surface area contributed by atoms with Crippen LogP contribution in [0.1, 0.15) is 116 Å². The van der Waals surface area contributed by atoms with E-state index in [9.17, 15) is 16.8 Å². The first kappa shape index (κ1) is 30.8. The summed E-state index contributed by atoms with van der Waals surface area (Å²) < 4.78 is 52.1. The first-order valence-electron chi connectivity index (χ1n) is 12.4. The highest BCUT2D eigenvalue weighted by atomic mass is 32.3. The molecule has 0 bridgehead atoms. The van der Waals surface area contributed by atoms with Crippen molar-refractivity contribution >= 4 is 20.0 Å². The van der Waals surface area contributed by atoms with E-state index < -0.39 is 20.0 Å². The molecular formula is C23H49NO5S2. The number of rotatable bonds is 23. The average Bonchev–Trinajstić information content (AvgIpc) is 2.67. The van der Waals surface area contributed by atoms with Gasteiger partial charge < -0.3 is 4.74 Å². The van der Waals surface area contributed by atoms with E-state index in [-0.39, 0.29) is 6.54 Å². The Morgan fingerprint density at radius 2 is 0.839 bits per heavy atom. The second-order valence-corrected chi connectivity index (χ2v) is 12.8. The fraction of sp³-hybridized carbons (Fsp3) is 1.00. The van der Waals surface area contributed by atoms with Crippen molar-refractivity contribution in [1.29, 1.82) is 0 Å². The molecule has 0 spiro atoms. The Kier molecular flexibility index (Phi) is 19.2. The second kappa shape index (κ2) is 19.3. The zero-order chi connectivity index (χ0) is 23.4. The highest BCUT2D eigenvalue weighted by Crippen LogP contribution is 2.13. The van der Waals surface area contributed by atoms with Gasteiger partial charge in [-0.15, -0.1) is 0 Å². The molecule has 0 aliphatic heterocycles. The lowest BCUT2D eigenvalue weighted by molar-refractivity contribution is 0.126. The van der Waals surface area contributed by atoms with Gasteiger partial charge in [0.05, 0.1) is 12.5 Å². The van der Waals surface area contributed by atoms with Crippen LogP contribution >= 0.6 is 0 Å². The largest absolute Gasteiger partial charge is 0.381 e. The van der Waals surface area contributed by atoms with Crippen LogP contribution in [0.2, 0.25) is 0 Å². The van der Waals surface area contributed by atoms with Gasteiger partial charge in [0.15, 0.2) is 0 Å². The minimum absolute atomic E-state index is 0.0589. The molecule has 0 aromatic rings. The summed E-state index contributed by atoms with van der Waals surface area (Å²) in [6, 6.07) is 0. The molecule has 0 saturated heterocycles. The summed E-state index contributed by atoms with van der Waals surface area (Å²) in [6.07, 6.45) is 23.5. The maximum Gasteiger partial charge on any atom is 0.224 e. The number of hydrogen-bond donors (Lipinski definition) is 0. The van der Waals surface area contributed by atoms with E-state index in [2.05, 4.69) is 6.92 Å². The predicted octanol–water partition coefficient (Wildman–Crippen LogP) is 5.88. The zero-order valence-corrected chi connectivity index (χ0v) is 22.1. The topological polar surface area (TPSA) is 80.8 Å². The monoisotopic (exact) mass is 483 g/mol. The zero-order valence-electron chi connectivity index (χ0n) is 20.4. The first-order valence-corrected chi connectivity index (χ1v) is 16.1. The first-order chi connectivity index (χ1) is 14.7. The molecule has 0 atom stereocenters. The van der Waals surface area contributed by atoms with Crippen molar-refractivity contribution in [1.82, 2.24) is 3.71 Å². The molecule has 0 rings (SSSR count). The summed E-state index contributed by atoms with van der Waals surface area (Å²) >= 11 is 0. The summed E-state index contributed by atoms with van der Waals surface area (Å²) in [5, 5.41) is 0. The molecule has 0 fully saturated rings. The molecule has 0 aliphatic rings. The molecule has 0 radical (unpaired) electrons. The van der Waals surface area contributed by atoms with Crippen LogP contribution in [-0.2, 0) is 24.8 Å². The Morgan fingerprint density at radius 3 is 1.19 bits per heavy atom. The number of unbranched alkanes of at least 4 members (excludes halogenated alkanes) is 15. The molecule has 8 heteroatoms. The van der Waals surface area contributed by atoms with Gasteiger partial charge in [0.25, 0.3) is 0 Å². The third kappa shape index (κ3) is 20.2. The normalized spacial score (nSPS) is 12.6. The third-order valence-electron chi connectivity index (χ3n) is 5.51. The summed E-state index contributed by atoms with van der Waals surface area (Å²) in [6.45, 7) is 3.23. The van der Waals surface area contributed by atoms with E-state index >= 15 is 0 Å². The van der Waals surface area contributed by atoms with Gasteiger partial charge in [-0.25, -0.2) is 16.8 Å². The Morgan fingerprint density at radius 1 is 0.516 bits per heavy atom. The minimum Gasteiger partial charge on any atom is -0.381 e. The van der Waals surface area contributed by atoms with Crippen molar-refractivity contribution in [2.45, 2.75) is 116 Å². The van der Waals surface area contributed by atoms with Crippen molar-refractivity contribution in [3.63, 3.8) is 0 Å². The van der Waals surface area contributed by atoms with Crippen LogP contribution in [0.3, 0.4) is 0 Å². The number of sulfonamides is 2. The Balaban J connectivity index is 3.35. The summed E-state index contributed by atoms with van der Waals surface area (Å²) in [7, 11) is -7.52. The molecule has 0 N–H and O–H groups in total. The molecule has 0 unspecified atom stereocenters. The van der Waals surface area contributed by atoms with Gasteiger partial charge in [-0.1, -0.05) is 107 Å². The maximum atomic E-state index is 11.5. The quantitative estimate of drug-likeness (QED) is 0.170. The van der Waals surface area contributed by atoms with Gasteiger partial charge >= 0.3 is 0 Å². The van der Waals surface area contributed by atoms with Crippen molar-refractivity contribution < 1.29 is 21.6 Å². The Labute approximate surface area is 193 Å². The molecular weight excluding hydrogens is 434 g/mol. The van der Waals surface area contributed by atoms with Crippen LogP contribution in [0.15, 0.2) is 0 Å². The third-order valence-corrected chi connectivity index (χ3v) is 8.98. The van der Waals surface area contributed by atoms with Gasteiger partial charge in [-0.2, -0.15) is 0 Å². The van der Waals surface area contributed by atoms with E-state index in [1.165, 1.54) is 89.9 Å². The van der Waals surface area contributed by atoms with Gasteiger partial charge in [0.2, 0.25) is 20.0 Å². The average molecular weight is 484 g/mol. The molecule has 0 saturated carbocycles. The van der Waals surface area contributed by atoms with Gasteiger partial charge in [0, 0.05) is 19.8 Å². The van der Waals surface area contributed by atoms with E-state index in [1.54, 1.807) is 0 Å².